The molecule has 1 atom stereocenters. The zero-order valence-corrected chi connectivity index (χ0v) is 26.4. The number of sulfone groups is 1. The van der Waals surface area contributed by atoms with Crippen molar-refractivity contribution in [2.75, 3.05) is 51.2 Å². The summed E-state index contributed by atoms with van der Waals surface area (Å²) in [5.74, 6) is 2.48. The Labute approximate surface area is 256 Å². The molecule has 1 aromatic carbocycles. The number of nitrogens with zero attached hydrogens (tertiary/aromatic N) is 5. The third-order valence-corrected chi connectivity index (χ3v) is 9.00. The number of hydrogen-bond acceptors (Lipinski definition) is 12. The number of rotatable bonds is 13. The van der Waals surface area contributed by atoms with E-state index in [0.29, 0.717) is 36.4 Å². The standard InChI is InChI=1S/C30H36N6O5S2/c1-5-6-27-35-28(20-15-23(39-2)17-24(16-20)40-3)29(42-27)25-9-11-31-30(34-25)33-21-7-8-26(32-18-21)41-22-10-12-36(19-22)13-14-43(4,37)38/h7-9,11,15-18,22H,5-6,10,12-14,19H2,1-4H3,(H,31,33,34)/t22-/m0/s1. The van der Waals surface area contributed by atoms with Crippen molar-refractivity contribution >= 4 is 32.8 Å². The van der Waals surface area contributed by atoms with Gasteiger partial charge in [-0.3, -0.25) is 4.90 Å². The summed E-state index contributed by atoms with van der Waals surface area (Å²) >= 11 is 1.62. The first kappa shape index (κ1) is 30.6. The molecule has 11 nitrogen and oxygen atoms in total. The van der Waals surface area contributed by atoms with E-state index < -0.39 is 9.84 Å². The van der Waals surface area contributed by atoms with E-state index in [1.54, 1.807) is 44.0 Å². The van der Waals surface area contributed by atoms with Crippen LogP contribution in [-0.2, 0) is 16.3 Å². The molecule has 0 aliphatic carbocycles. The van der Waals surface area contributed by atoms with Gasteiger partial charge >= 0.3 is 0 Å². The van der Waals surface area contributed by atoms with Crippen molar-refractivity contribution in [2.24, 2.45) is 0 Å². The van der Waals surface area contributed by atoms with Gasteiger partial charge in [-0.05, 0) is 43.5 Å². The molecule has 5 rings (SSSR count). The molecular weight excluding hydrogens is 589 g/mol. The lowest BCUT2D eigenvalue weighted by Gasteiger charge is -2.16. The zero-order valence-electron chi connectivity index (χ0n) is 24.7. The number of likely N-dealkylation sites (tertiary alicyclic amines) is 1. The van der Waals surface area contributed by atoms with Crippen molar-refractivity contribution in [3.63, 3.8) is 0 Å². The van der Waals surface area contributed by atoms with Crippen LogP contribution >= 0.6 is 11.3 Å². The fourth-order valence-electron chi connectivity index (χ4n) is 4.76. The first-order valence-corrected chi connectivity index (χ1v) is 17.0. The highest BCUT2D eigenvalue weighted by Crippen LogP contribution is 2.39. The number of nitrogens with one attached hydrogen (secondary N) is 1. The number of benzene rings is 1. The molecule has 228 valence electrons. The predicted octanol–water partition coefficient (Wildman–Crippen LogP) is 4.87. The molecule has 0 amide bonds. The molecular formula is C30H36N6O5S2. The molecule has 1 fully saturated rings. The molecule has 0 bridgehead atoms. The van der Waals surface area contributed by atoms with Crippen LogP contribution in [-0.4, -0.2) is 85.2 Å². The van der Waals surface area contributed by atoms with Gasteiger partial charge in [0, 0.05) is 49.8 Å². The van der Waals surface area contributed by atoms with E-state index in [1.807, 2.05) is 30.3 Å². The Bertz CT molecular complexity index is 1620. The van der Waals surface area contributed by atoms with Crippen LogP contribution in [0.25, 0.3) is 21.8 Å². The summed E-state index contributed by atoms with van der Waals surface area (Å²) in [7, 11) is 0.279. The Kier molecular flexibility index (Phi) is 9.73. The van der Waals surface area contributed by atoms with Gasteiger partial charge in [-0.1, -0.05) is 6.92 Å². The number of methoxy groups -OCH3 is 2. The van der Waals surface area contributed by atoms with Crippen LogP contribution in [0.5, 0.6) is 17.4 Å². The van der Waals surface area contributed by atoms with Crippen LogP contribution in [0.2, 0.25) is 0 Å². The van der Waals surface area contributed by atoms with E-state index in [0.717, 1.165) is 58.3 Å². The molecule has 1 N–H and O–H groups in total. The minimum atomic E-state index is -2.98. The molecule has 1 saturated heterocycles. The molecule has 0 radical (unpaired) electrons. The van der Waals surface area contributed by atoms with Crippen LogP contribution in [0, 0.1) is 0 Å². The summed E-state index contributed by atoms with van der Waals surface area (Å²) in [6.07, 6.45) is 7.32. The summed E-state index contributed by atoms with van der Waals surface area (Å²) in [5.41, 5.74) is 3.18. The number of anilines is 2. The van der Waals surface area contributed by atoms with Crippen LogP contribution < -0.4 is 19.5 Å². The topological polar surface area (TPSA) is 129 Å². The Morgan fingerprint density at radius 3 is 2.53 bits per heavy atom. The maximum absolute atomic E-state index is 11.5. The minimum absolute atomic E-state index is 0.0263. The Balaban J connectivity index is 1.30. The van der Waals surface area contributed by atoms with E-state index in [9.17, 15) is 8.42 Å². The molecule has 4 heterocycles. The van der Waals surface area contributed by atoms with Crippen LogP contribution in [0.4, 0.5) is 11.6 Å². The summed E-state index contributed by atoms with van der Waals surface area (Å²) in [4.78, 5) is 21.7. The largest absolute Gasteiger partial charge is 0.497 e. The normalized spacial score (nSPS) is 15.4. The lowest BCUT2D eigenvalue weighted by Crippen LogP contribution is -2.29. The van der Waals surface area contributed by atoms with Crippen molar-refractivity contribution in [1.29, 1.82) is 0 Å². The fraction of sp³-hybridized carbons (Fsp3) is 0.400. The molecule has 0 unspecified atom stereocenters. The molecule has 0 spiro atoms. The Morgan fingerprint density at radius 1 is 1.07 bits per heavy atom. The van der Waals surface area contributed by atoms with E-state index in [1.165, 1.54) is 6.26 Å². The maximum Gasteiger partial charge on any atom is 0.227 e. The molecule has 0 saturated carbocycles. The number of thiazole rings is 1. The van der Waals surface area contributed by atoms with E-state index in [4.69, 9.17) is 24.2 Å². The number of hydrogen-bond donors (Lipinski definition) is 1. The average Bonchev–Trinajstić information content (AvgIpc) is 3.64. The van der Waals surface area contributed by atoms with Crippen LogP contribution in [0.1, 0.15) is 24.8 Å². The van der Waals surface area contributed by atoms with Gasteiger partial charge in [-0.15, -0.1) is 11.3 Å². The van der Waals surface area contributed by atoms with Crippen molar-refractivity contribution in [3.05, 3.63) is 53.8 Å². The van der Waals surface area contributed by atoms with Crippen LogP contribution in [0.3, 0.4) is 0 Å². The smallest absolute Gasteiger partial charge is 0.227 e. The van der Waals surface area contributed by atoms with Crippen molar-refractivity contribution in [2.45, 2.75) is 32.3 Å². The number of ether oxygens (including phenoxy) is 3. The second kappa shape index (κ2) is 13.7. The monoisotopic (exact) mass is 624 g/mol. The molecule has 13 heteroatoms. The van der Waals surface area contributed by atoms with E-state index >= 15 is 0 Å². The Hall–Kier alpha value is -3.81. The highest BCUT2D eigenvalue weighted by molar-refractivity contribution is 7.90. The first-order valence-electron chi connectivity index (χ1n) is 14.1. The van der Waals surface area contributed by atoms with Crippen molar-refractivity contribution in [1.82, 2.24) is 24.8 Å². The molecule has 1 aliphatic rings. The lowest BCUT2D eigenvalue weighted by molar-refractivity contribution is 0.195. The van der Waals surface area contributed by atoms with Gasteiger partial charge in [0.25, 0.3) is 0 Å². The number of aryl methyl sites for hydroxylation is 1. The summed E-state index contributed by atoms with van der Waals surface area (Å²) < 4.78 is 40.0. The van der Waals surface area contributed by atoms with E-state index in [2.05, 4.69) is 27.1 Å². The average molecular weight is 625 g/mol. The van der Waals surface area contributed by atoms with Gasteiger partial charge in [0.05, 0.1) is 53.1 Å². The molecule has 4 aromatic rings. The van der Waals surface area contributed by atoms with Gasteiger partial charge in [0.15, 0.2) is 0 Å². The third-order valence-electron chi connectivity index (χ3n) is 6.94. The van der Waals surface area contributed by atoms with Gasteiger partial charge in [0.1, 0.15) is 27.4 Å². The van der Waals surface area contributed by atoms with Crippen LogP contribution in [0.15, 0.2) is 48.8 Å². The molecule has 43 heavy (non-hydrogen) atoms. The minimum Gasteiger partial charge on any atom is -0.497 e. The zero-order chi connectivity index (χ0) is 30.4. The van der Waals surface area contributed by atoms with Crippen molar-refractivity contribution < 1.29 is 22.6 Å². The predicted molar refractivity (Wildman–Crippen MR) is 168 cm³/mol. The lowest BCUT2D eigenvalue weighted by atomic mass is 10.1. The van der Waals surface area contributed by atoms with Gasteiger partial charge < -0.3 is 19.5 Å². The number of pyridine rings is 1. The highest BCUT2D eigenvalue weighted by Gasteiger charge is 2.25. The highest BCUT2D eigenvalue weighted by atomic mass is 32.2. The van der Waals surface area contributed by atoms with Gasteiger partial charge in [-0.2, -0.15) is 0 Å². The summed E-state index contributed by atoms with van der Waals surface area (Å²) in [5, 5.41) is 4.27. The van der Waals surface area contributed by atoms with E-state index in [-0.39, 0.29) is 11.9 Å². The fourth-order valence-corrected chi connectivity index (χ4v) is 6.51. The second-order valence-corrected chi connectivity index (χ2v) is 13.7. The maximum atomic E-state index is 11.5. The van der Waals surface area contributed by atoms with Gasteiger partial charge in [0.2, 0.25) is 11.8 Å². The second-order valence-electron chi connectivity index (χ2n) is 10.4. The molecule has 1 aliphatic heterocycles. The molecule has 3 aromatic heterocycles. The summed E-state index contributed by atoms with van der Waals surface area (Å²) in [6.45, 7) is 4.14. The Morgan fingerprint density at radius 2 is 1.86 bits per heavy atom. The third kappa shape index (κ3) is 8.18. The quantitative estimate of drug-likeness (QED) is 0.219. The summed E-state index contributed by atoms with van der Waals surface area (Å²) in [6, 6.07) is 11.3. The first-order chi connectivity index (χ1) is 20.7. The van der Waals surface area contributed by atoms with Crippen molar-refractivity contribution in [3.8, 4) is 39.2 Å². The number of aromatic nitrogens is 4. The SMILES string of the molecule is CCCc1nc(-c2cc(OC)cc(OC)c2)c(-c2ccnc(Nc3ccc(O[C@H]4CCN(CCS(C)(=O)=O)C4)nc3)n2)s1. The van der Waals surface area contributed by atoms with Gasteiger partial charge in [-0.25, -0.2) is 28.4 Å².